The lowest BCUT2D eigenvalue weighted by molar-refractivity contribution is -0.134. The van der Waals surface area contributed by atoms with Gasteiger partial charge in [0, 0.05) is 39.3 Å². The van der Waals surface area contributed by atoms with E-state index in [1.54, 1.807) is 6.07 Å². The summed E-state index contributed by atoms with van der Waals surface area (Å²) >= 11 is 0. The summed E-state index contributed by atoms with van der Waals surface area (Å²) in [6, 6.07) is 15.1. The summed E-state index contributed by atoms with van der Waals surface area (Å²) in [7, 11) is 1.90. The lowest BCUT2D eigenvalue weighted by atomic mass is 10.1. The molecular weight excluding hydrogens is 341 g/mol. The molecule has 0 atom stereocenters. The van der Waals surface area contributed by atoms with Crippen LogP contribution in [0.25, 0.3) is 0 Å². The summed E-state index contributed by atoms with van der Waals surface area (Å²) in [5, 5.41) is 0. The third-order valence-corrected chi connectivity index (χ3v) is 4.96. The van der Waals surface area contributed by atoms with Crippen LogP contribution in [0.4, 0.5) is 4.39 Å². The number of aryl methyl sites for hydroxylation is 1. The van der Waals surface area contributed by atoms with Crippen molar-refractivity contribution in [3.63, 3.8) is 0 Å². The highest BCUT2D eigenvalue weighted by atomic mass is 19.1. The number of hydrogen-bond acceptors (Lipinski definition) is 3. The minimum atomic E-state index is -0.239. The fourth-order valence-corrected chi connectivity index (χ4v) is 3.56. The third kappa shape index (κ3) is 5.88. The van der Waals surface area contributed by atoms with E-state index in [0.29, 0.717) is 13.1 Å². The van der Waals surface area contributed by atoms with Crippen LogP contribution < -0.4 is 0 Å². The maximum Gasteiger partial charge on any atom is 0.236 e. The molecule has 5 heteroatoms. The van der Waals surface area contributed by atoms with Crippen molar-refractivity contribution in [3.8, 4) is 0 Å². The van der Waals surface area contributed by atoms with Gasteiger partial charge in [0.15, 0.2) is 0 Å². The molecule has 1 fully saturated rings. The Bertz CT molecular complexity index is 772. The molecule has 2 aromatic rings. The van der Waals surface area contributed by atoms with Gasteiger partial charge in [0.25, 0.3) is 0 Å². The van der Waals surface area contributed by atoms with Gasteiger partial charge in [-0.25, -0.2) is 4.39 Å². The summed E-state index contributed by atoms with van der Waals surface area (Å²) in [5.41, 5.74) is 3.49. The highest BCUT2D eigenvalue weighted by Gasteiger charge is 2.22. The van der Waals surface area contributed by atoms with Gasteiger partial charge in [0.1, 0.15) is 5.82 Å². The van der Waals surface area contributed by atoms with Gasteiger partial charge >= 0.3 is 0 Å². The van der Waals surface area contributed by atoms with E-state index in [9.17, 15) is 9.18 Å². The van der Waals surface area contributed by atoms with E-state index in [1.165, 1.54) is 23.3 Å². The average molecular weight is 369 g/mol. The molecule has 3 rings (SSSR count). The number of amides is 1. The Morgan fingerprint density at radius 2 is 1.74 bits per heavy atom. The molecule has 0 saturated carbocycles. The Balaban J connectivity index is 1.44. The number of carbonyl (C=O) groups excluding carboxylic acids is 1. The average Bonchev–Trinajstić information content (AvgIpc) is 2.62. The van der Waals surface area contributed by atoms with E-state index in [4.69, 9.17) is 0 Å². The minimum absolute atomic E-state index is 0.143. The minimum Gasteiger partial charge on any atom is -0.339 e. The van der Waals surface area contributed by atoms with E-state index < -0.39 is 0 Å². The predicted molar refractivity (Wildman–Crippen MR) is 106 cm³/mol. The molecule has 0 aliphatic carbocycles. The zero-order valence-electron chi connectivity index (χ0n) is 16.2. The molecule has 2 aromatic carbocycles. The zero-order chi connectivity index (χ0) is 19.2. The largest absolute Gasteiger partial charge is 0.339 e. The lowest BCUT2D eigenvalue weighted by Gasteiger charge is -2.35. The van der Waals surface area contributed by atoms with Gasteiger partial charge in [0.05, 0.1) is 6.54 Å². The SMILES string of the molecule is Cc1cccc(CN2CCN(C(=O)CN(C)Cc3cccc(F)c3)CC2)c1. The maximum atomic E-state index is 13.3. The first kappa shape index (κ1) is 19.5. The van der Waals surface area contributed by atoms with Crippen LogP contribution in [0.3, 0.4) is 0 Å². The molecule has 1 aliphatic rings. The van der Waals surface area contributed by atoms with Crippen LogP contribution in [-0.2, 0) is 17.9 Å². The van der Waals surface area contributed by atoms with Crippen molar-refractivity contribution in [2.45, 2.75) is 20.0 Å². The molecule has 0 unspecified atom stereocenters. The summed E-state index contributed by atoms with van der Waals surface area (Å²) < 4.78 is 13.3. The Morgan fingerprint density at radius 3 is 2.44 bits per heavy atom. The highest BCUT2D eigenvalue weighted by molar-refractivity contribution is 5.78. The Kier molecular flexibility index (Phi) is 6.58. The van der Waals surface area contributed by atoms with Crippen LogP contribution in [0, 0.1) is 12.7 Å². The number of likely N-dealkylation sites (N-methyl/N-ethyl adjacent to an activating group) is 1. The fraction of sp³-hybridized carbons (Fsp3) is 0.409. The van der Waals surface area contributed by atoms with Gasteiger partial charge in [-0.3, -0.25) is 14.6 Å². The highest BCUT2D eigenvalue weighted by Crippen LogP contribution is 2.11. The van der Waals surface area contributed by atoms with Gasteiger partial charge in [0.2, 0.25) is 5.91 Å². The van der Waals surface area contributed by atoms with Crippen molar-refractivity contribution in [1.82, 2.24) is 14.7 Å². The second kappa shape index (κ2) is 9.11. The second-order valence-electron chi connectivity index (χ2n) is 7.45. The van der Waals surface area contributed by atoms with E-state index >= 15 is 0 Å². The Morgan fingerprint density at radius 1 is 1.04 bits per heavy atom. The number of benzene rings is 2. The van der Waals surface area contributed by atoms with Gasteiger partial charge in [-0.15, -0.1) is 0 Å². The van der Waals surface area contributed by atoms with Crippen LogP contribution in [0.2, 0.25) is 0 Å². The molecule has 1 saturated heterocycles. The molecule has 0 radical (unpaired) electrons. The van der Waals surface area contributed by atoms with E-state index in [2.05, 4.69) is 36.1 Å². The Labute approximate surface area is 161 Å². The smallest absolute Gasteiger partial charge is 0.236 e. The van der Waals surface area contributed by atoms with Gasteiger partial charge in [-0.2, -0.15) is 0 Å². The molecule has 0 spiro atoms. The number of nitrogens with zero attached hydrogens (tertiary/aromatic N) is 3. The molecular formula is C22H28FN3O. The standard InChI is InChI=1S/C22H28FN3O/c1-18-5-3-6-19(13-18)16-25-9-11-26(12-10-25)22(27)17-24(2)15-20-7-4-8-21(23)14-20/h3-8,13-14H,9-12,15-17H2,1-2H3. The monoisotopic (exact) mass is 369 g/mol. The van der Waals surface area contributed by atoms with Crippen LogP contribution in [-0.4, -0.2) is 60.4 Å². The fourth-order valence-electron chi connectivity index (χ4n) is 3.56. The van der Waals surface area contributed by atoms with Gasteiger partial charge in [-0.05, 0) is 37.2 Å². The summed E-state index contributed by atoms with van der Waals surface area (Å²) in [6.07, 6.45) is 0. The number of rotatable bonds is 6. The first-order chi connectivity index (χ1) is 13.0. The number of hydrogen-bond donors (Lipinski definition) is 0. The Hall–Kier alpha value is -2.24. The lowest BCUT2D eigenvalue weighted by Crippen LogP contribution is -2.50. The topological polar surface area (TPSA) is 26.8 Å². The van der Waals surface area contributed by atoms with Crippen LogP contribution in [0.5, 0.6) is 0 Å². The molecule has 0 aromatic heterocycles. The summed E-state index contributed by atoms with van der Waals surface area (Å²) in [6.45, 7) is 7.28. The van der Waals surface area contributed by atoms with Gasteiger partial charge in [-0.1, -0.05) is 42.0 Å². The van der Waals surface area contributed by atoms with Crippen molar-refractivity contribution < 1.29 is 9.18 Å². The molecule has 27 heavy (non-hydrogen) atoms. The van der Waals surface area contributed by atoms with Crippen LogP contribution in [0.1, 0.15) is 16.7 Å². The van der Waals surface area contributed by atoms with Crippen molar-refractivity contribution in [2.75, 3.05) is 39.8 Å². The zero-order valence-corrected chi connectivity index (χ0v) is 16.2. The molecule has 1 heterocycles. The predicted octanol–water partition coefficient (Wildman–Crippen LogP) is 2.91. The molecule has 1 aliphatic heterocycles. The van der Waals surface area contributed by atoms with Crippen LogP contribution >= 0.6 is 0 Å². The first-order valence-electron chi connectivity index (χ1n) is 9.48. The van der Waals surface area contributed by atoms with E-state index in [0.717, 1.165) is 38.3 Å². The normalized spacial score (nSPS) is 15.3. The molecule has 0 N–H and O–H groups in total. The van der Waals surface area contributed by atoms with E-state index in [1.807, 2.05) is 22.9 Å². The molecule has 144 valence electrons. The maximum absolute atomic E-state index is 13.3. The van der Waals surface area contributed by atoms with E-state index in [-0.39, 0.29) is 11.7 Å². The van der Waals surface area contributed by atoms with Crippen molar-refractivity contribution in [1.29, 1.82) is 0 Å². The number of halogens is 1. The second-order valence-corrected chi connectivity index (χ2v) is 7.45. The quantitative estimate of drug-likeness (QED) is 0.783. The van der Waals surface area contributed by atoms with Crippen molar-refractivity contribution in [2.24, 2.45) is 0 Å². The molecule has 4 nitrogen and oxygen atoms in total. The summed E-state index contributed by atoms with van der Waals surface area (Å²) in [5.74, 6) is -0.0962. The van der Waals surface area contributed by atoms with Crippen molar-refractivity contribution in [3.05, 3.63) is 71.0 Å². The van der Waals surface area contributed by atoms with Crippen LogP contribution in [0.15, 0.2) is 48.5 Å². The summed E-state index contributed by atoms with van der Waals surface area (Å²) in [4.78, 5) is 18.8. The number of carbonyl (C=O) groups is 1. The number of piperazine rings is 1. The third-order valence-electron chi connectivity index (χ3n) is 4.96. The molecule has 0 bridgehead atoms. The van der Waals surface area contributed by atoms with Gasteiger partial charge < -0.3 is 4.90 Å². The first-order valence-corrected chi connectivity index (χ1v) is 9.48. The molecule has 1 amide bonds. The van der Waals surface area contributed by atoms with Crippen molar-refractivity contribution >= 4 is 5.91 Å².